The monoisotopic (exact) mass is 222 g/mol. The molecule has 90 valence electrons. The highest BCUT2D eigenvalue weighted by atomic mass is 15.2. The van der Waals surface area contributed by atoms with E-state index in [1.807, 2.05) is 12.4 Å². The van der Waals surface area contributed by atoms with Crippen molar-refractivity contribution in [3.63, 3.8) is 0 Å². The molecule has 1 aromatic heterocycles. The third kappa shape index (κ3) is 1.94. The molecule has 16 heavy (non-hydrogen) atoms. The Hall–Kier alpha value is -1.03. The summed E-state index contributed by atoms with van der Waals surface area (Å²) < 4.78 is 2.14. The maximum atomic E-state index is 4.34. The minimum Gasteiger partial charge on any atom is -0.354 e. The molecule has 4 heteroatoms. The molecule has 1 N–H and O–H groups in total. The molecule has 0 radical (unpaired) electrons. The number of anilines is 1. The van der Waals surface area contributed by atoms with E-state index in [1.165, 1.54) is 19.3 Å². The Bertz CT molecular complexity index is 339. The average molecular weight is 222 g/mol. The van der Waals surface area contributed by atoms with Gasteiger partial charge in [0.25, 0.3) is 0 Å². The van der Waals surface area contributed by atoms with E-state index in [0.717, 1.165) is 19.0 Å². The van der Waals surface area contributed by atoms with Crippen molar-refractivity contribution in [1.82, 2.24) is 14.5 Å². The lowest BCUT2D eigenvalue weighted by molar-refractivity contribution is 0.0737. The molecule has 1 fully saturated rings. The molecule has 0 unspecified atom stereocenters. The number of aromatic nitrogens is 2. The lowest BCUT2D eigenvalue weighted by Crippen LogP contribution is -2.54. The van der Waals surface area contributed by atoms with E-state index in [1.54, 1.807) is 0 Å². The summed E-state index contributed by atoms with van der Waals surface area (Å²) in [4.78, 5) is 6.69. The number of nitrogens with zero attached hydrogens (tertiary/aromatic N) is 3. The van der Waals surface area contributed by atoms with E-state index in [0.29, 0.717) is 5.54 Å². The minimum absolute atomic E-state index is 0.352. The Morgan fingerprint density at radius 3 is 2.75 bits per heavy atom. The molecule has 1 aliphatic carbocycles. The Morgan fingerprint density at radius 1 is 1.50 bits per heavy atom. The maximum Gasteiger partial charge on any atom is 0.202 e. The van der Waals surface area contributed by atoms with Gasteiger partial charge in [-0.15, -0.1) is 0 Å². The number of nitrogens with one attached hydrogen (secondary N) is 1. The van der Waals surface area contributed by atoms with Crippen LogP contribution in [0.1, 0.15) is 26.2 Å². The second-order valence-corrected chi connectivity index (χ2v) is 4.86. The average Bonchev–Trinajstić information content (AvgIpc) is 2.63. The minimum atomic E-state index is 0.352. The first kappa shape index (κ1) is 11.5. The number of hydrogen-bond donors (Lipinski definition) is 1. The van der Waals surface area contributed by atoms with Gasteiger partial charge in [0.05, 0.1) is 0 Å². The summed E-state index contributed by atoms with van der Waals surface area (Å²) in [6.45, 7) is 4.10. The summed E-state index contributed by atoms with van der Waals surface area (Å²) in [7, 11) is 4.35. The van der Waals surface area contributed by atoms with Crippen LogP contribution >= 0.6 is 0 Å². The Labute approximate surface area is 97.7 Å². The number of likely N-dealkylation sites (N-methyl/N-ethyl adjacent to an activating group) is 1. The molecule has 1 saturated carbocycles. The summed E-state index contributed by atoms with van der Waals surface area (Å²) in [5, 5.41) is 3.48. The van der Waals surface area contributed by atoms with Gasteiger partial charge in [-0.1, -0.05) is 0 Å². The second kappa shape index (κ2) is 4.45. The van der Waals surface area contributed by atoms with Gasteiger partial charge in [0.15, 0.2) is 0 Å². The van der Waals surface area contributed by atoms with Crippen LogP contribution in [0.2, 0.25) is 0 Å². The molecule has 0 bridgehead atoms. The van der Waals surface area contributed by atoms with E-state index >= 15 is 0 Å². The van der Waals surface area contributed by atoms with Crippen molar-refractivity contribution in [2.75, 3.05) is 26.0 Å². The van der Waals surface area contributed by atoms with Gasteiger partial charge in [0.2, 0.25) is 5.95 Å². The molecule has 0 aromatic carbocycles. The maximum absolute atomic E-state index is 4.34. The van der Waals surface area contributed by atoms with Gasteiger partial charge >= 0.3 is 0 Å². The normalized spacial score (nSPS) is 18.5. The van der Waals surface area contributed by atoms with Crippen molar-refractivity contribution in [3.8, 4) is 0 Å². The lowest BCUT2D eigenvalue weighted by Gasteiger charge is -2.47. The zero-order valence-electron chi connectivity index (χ0n) is 10.5. The highest BCUT2D eigenvalue weighted by molar-refractivity contribution is 5.27. The van der Waals surface area contributed by atoms with Crippen molar-refractivity contribution in [2.24, 2.45) is 0 Å². The molecule has 1 aromatic rings. The quantitative estimate of drug-likeness (QED) is 0.824. The Morgan fingerprint density at radius 2 is 2.25 bits per heavy atom. The summed E-state index contributed by atoms with van der Waals surface area (Å²) >= 11 is 0. The summed E-state index contributed by atoms with van der Waals surface area (Å²) in [5.41, 5.74) is 0.352. The van der Waals surface area contributed by atoms with Crippen molar-refractivity contribution in [1.29, 1.82) is 0 Å². The molecular formula is C12H22N4. The van der Waals surface area contributed by atoms with Crippen molar-refractivity contribution in [3.05, 3.63) is 12.4 Å². The lowest BCUT2D eigenvalue weighted by atomic mass is 9.75. The topological polar surface area (TPSA) is 33.1 Å². The molecule has 0 atom stereocenters. The first-order chi connectivity index (χ1) is 7.68. The fourth-order valence-electron chi connectivity index (χ4n) is 2.34. The molecule has 1 aliphatic rings. The smallest absolute Gasteiger partial charge is 0.202 e. The molecular weight excluding hydrogens is 200 g/mol. The van der Waals surface area contributed by atoms with Gasteiger partial charge in [0.1, 0.15) is 0 Å². The molecule has 0 spiro atoms. The molecule has 0 aliphatic heterocycles. The largest absolute Gasteiger partial charge is 0.354 e. The fourth-order valence-corrected chi connectivity index (χ4v) is 2.34. The van der Waals surface area contributed by atoms with Crippen LogP contribution in [0.25, 0.3) is 0 Å². The van der Waals surface area contributed by atoms with Crippen LogP contribution in [0.4, 0.5) is 5.95 Å². The summed E-state index contributed by atoms with van der Waals surface area (Å²) in [5.74, 6) is 0.996. The van der Waals surface area contributed by atoms with Crippen LogP contribution in [0.15, 0.2) is 12.4 Å². The van der Waals surface area contributed by atoms with Crippen molar-refractivity contribution in [2.45, 2.75) is 38.3 Å². The van der Waals surface area contributed by atoms with Crippen LogP contribution < -0.4 is 5.32 Å². The molecule has 1 heterocycles. The van der Waals surface area contributed by atoms with Gasteiger partial charge in [-0.05, 0) is 40.3 Å². The van der Waals surface area contributed by atoms with Crippen LogP contribution in [-0.2, 0) is 6.54 Å². The fraction of sp³-hybridized carbons (Fsp3) is 0.750. The molecule has 4 nitrogen and oxygen atoms in total. The number of imidazole rings is 1. The van der Waals surface area contributed by atoms with E-state index in [-0.39, 0.29) is 0 Å². The Kier molecular flexibility index (Phi) is 3.19. The summed E-state index contributed by atoms with van der Waals surface area (Å²) in [6, 6.07) is 0. The standard InChI is InChI=1S/C12H22N4/c1-4-16-9-8-13-11(16)14-10-12(15(2)3)6-5-7-12/h8-9H,4-7,10H2,1-3H3,(H,13,14). The van der Waals surface area contributed by atoms with E-state index in [2.05, 4.69) is 40.8 Å². The van der Waals surface area contributed by atoms with E-state index in [9.17, 15) is 0 Å². The van der Waals surface area contributed by atoms with Crippen LogP contribution in [0.5, 0.6) is 0 Å². The number of rotatable bonds is 5. The third-order valence-electron chi connectivity index (χ3n) is 3.86. The SMILES string of the molecule is CCn1ccnc1NCC1(N(C)C)CCC1. The molecule has 0 amide bonds. The van der Waals surface area contributed by atoms with Gasteiger partial charge in [0, 0.05) is 31.0 Å². The van der Waals surface area contributed by atoms with Crippen molar-refractivity contribution >= 4 is 5.95 Å². The zero-order valence-corrected chi connectivity index (χ0v) is 10.5. The van der Waals surface area contributed by atoms with Crippen molar-refractivity contribution < 1.29 is 0 Å². The highest BCUT2D eigenvalue weighted by Crippen LogP contribution is 2.36. The Balaban J connectivity index is 1.96. The predicted octanol–water partition coefficient (Wildman–Crippen LogP) is 1.80. The number of aryl methyl sites for hydroxylation is 1. The third-order valence-corrected chi connectivity index (χ3v) is 3.86. The second-order valence-electron chi connectivity index (χ2n) is 4.86. The van der Waals surface area contributed by atoms with E-state index < -0.39 is 0 Å². The predicted molar refractivity (Wildman–Crippen MR) is 66.7 cm³/mol. The van der Waals surface area contributed by atoms with Gasteiger partial charge in [-0.2, -0.15) is 0 Å². The van der Waals surface area contributed by atoms with Crippen LogP contribution in [0, 0.1) is 0 Å². The molecule has 2 rings (SSSR count). The van der Waals surface area contributed by atoms with Gasteiger partial charge < -0.3 is 14.8 Å². The van der Waals surface area contributed by atoms with Gasteiger partial charge in [-0.3, -0.25) is 0 Å². The molecule has 0 saturated heterocycles. The van der Waals surface area contributed by atoms with Gasteiger partial charge in [-0.25, -0.2) is 4.98 Å². The first-order valence-electron chi connectivity index (χ1n) is 6.10. The summed E-state index contributed by atoms with van der Waals surface area (Å²) in [6.07, 6.45) is 7.81. The first-order valence-corrected chi connectivity index (χ1v) is 6.10. The van der Waals surface area contributed by atoms with E-state index in [4.69, 9.17) is 0 Å². The zero-order chi connectivity index (χ0) is 11.6. The van der Waals surface area contributed by atoms with Crippen LogP contribution in [0.3, 0.4) is 0 Å². The number of hydrogen-bond acceptors (Lipinski definition) is 3. The van der Waals surface area contributed by atoms with Crippen LogP contribution in [-0.4, -0.2) is 40.6 Å². The highest BCUT2D eigenvalue weighted by Gasteiger charge is 2.38.